The topological polar surface area (TPSA) is 22.7 Å². The summed E-state index contributed by atoms with van der Waals surface area (Å²) in [5.74, 6) is 10.1. The zero-order valence-electron chi connectivity index (χ0n) is 64.6. The molecule has 8 fully saturated rings. The highest BCUT2D eigenvalue weighted by atomic mass is 15.2. The molecule has 0 N–H and O–H groups in total. The van der Waals surface area contributed by atoms with Gasteiger partial charge in [0, 0.05) is 26.2 Å². The summed E-state index contributed by atoms with van der Waals surface area (Å²) in [6, 6.07) is 0. The predicted molar refractivity (Wildman–Crippen MR) is 399 cm³/mol. The van der Waals surface area contributed by atoms with Crippen LogP contribution in [0.4, 0.5) is 0 Å². The number of likely N-dealkylation sites (tertiary alicyclic amines) is 5. The number of likely N-dealkylation sites (N-methyl/N-ethyl adjacent to an activating group) is 1. The van der Waals surface area contributed by atoms with Gasteiger partial charge >= 0.3 is 0 Å². The van der Waals surface area contributed by atoms with Crippen LogP contribution < -0.4 is 0 Å². The minimum atomic E-state index is 0.570. The van der Waals surface area contributed by atoms with E-state index in [2.05, 4.69) is 173 Å². The summed E-state index contributed by atoms with van der Waals surface area (Å²) in [7, 11) is 4.44. The molecule has 6 aliphatic heterocycles. The third-order valence-corrected chi connectivity index (χ3v) is 21.6. The van der Waals surface area contributed by atoms with Gasteiger partial charge in [-0.2, -0.15) is 0 Å². The Bertz CT molecular complexity index is 1380. The fourth-order valence-corrected chi connectivity index (χ4v) is 14.2. The van der Waals surface area contributed by atoms with E-state index in [4.69, 9.17) is 0 Å². The first-order valence-electron chi connectivity index (χ1n) is 39.8. The molecule has 0 atom stereocenters. The van der Waals surface area contributed by atoms with Gasteiger partial charge in [0.1, 0.15) is 0 Å². The number of nitrogens with zero attached hydrogens (tertiary/aromatic N) is 7. The second-order valence-corrected chi connectivity index (χ2v) is 34.1. The monoisotopic (exact) mass is 1240 g/mol. The first kappa shape index (κ1) is 85.7. The van der Waals surface area contributed by atoms with Crippen LogP contribution in [0.25, 0.3) is 0 Å². The molecular formula is C81H169N7. The summed E-state index contributed by atoms with van der Waals surface area (Å²) in [5.41, 5.74) is 0.570. The maximum atomic E-state index is 2.61. The molecular weight excluding hydrogens is 1070 g/mol. The SMILES string of the molecule is CC(C)C(C)(C)C1CCCCC1.CC(C)CC1CCCCC1.CC(C)CC1CCN(C)CC1.CC(C)CCN1CCCC1.CC(C)CCN1CCCCC1.CC(C)CCN1CCCCC1.CC(C)CCN1CCCCC1.CC(C)CCN1CCN(C)CC1. The van der Waals surface area contributed by atoms with E-state index >= 15 is 0 Å². The summed E-state index contributed by atoms with van der Waals surface area (Å²) >= 11 is 0. The average Bonchev–Trinajstić information content (AvgIpc) is 3.93. The van der Waals surface area contributed by atoms with Crippen molar-refractivity contribution in [1.82, 2.24) is 34.3 Å². The molecule has 0 aromatic rings. The predicted octanol–water partition coefficient (Wildman–Crippen LogP) is 21.2. The van der Waals surface area contributed by atoms with Crippen molar-refractivity contribution in [3.63, 3.8) is 0 Å². The lowest BCUT2D eigenvalue weighted by molar-refractivity contribution is 0.102. The summed E-state index contributed by atoms with van der Waals surface area (Å²) in [6.45, 7) is 67.2. The molecule has 8 rings (SSSR count). The summed E-state index contributed by atoms with van der Waals surface area (Å²) in [5, 5.41) is 0. The molecule has 8 aliphatic rings. The van der Waals surface area contributed by atoms with Gasteiger partial charge in [0.2, 0.25) is 0 Å². The van der Waals surface area contributed by atoms with Crippen LogP contribution in [0, 0.1) is 70.5 Å². The minimum Gasteiger partial charge on any atom is -0.306 e. The van der Waals surface area contributed by atoms with Gasteiger partial charge in [-0.15, -0.1) is 0 Å². The van der Waals surface area contributed by atoms with E-state index in [-0.39, 0.29) is 0 Å². The zero-order chi connectivity index (χ0) is 65.5. The van der Waals surface area contributed by atoms with Crippen LogP contribution in [0.5, 0.6) is 0 Å². The zero-order valence-corrected chi connectivity index (χ0v) is 64.6. The highest BCUT2D eigenvalue weighted by Crippen LogP contribution is 2.43. The smallest absolute Gasteiger partial charge is 0.0110 e. The van der Waals surface area contributed by atoms with E-state index in [9.17, 15) is 0 Å². The second kappa shape index (κ2) is 53.9. The Morgan fingerprint density at radius 3 is 0.773 bits per heavy atom. The van der Waals surface area contributed by atoms with Crippen LogP contribution in [0.1, 0.15) is 317 Å². The molecule has 7 heteroatoms. The molecule has 0 radical (unpaired) electrons. The molecule has 0 amide bonds. The molecule has 88 heavy (non-hydrogen) atoms. The van der Waals surface area contributed by atoms with Crippen LogP contribution in [0.2, 0.25) is 0 Å². The van der Waals surface area contributed by atoms with Crippen molar-refractivity contribution in [2.45, 2.75) is 317 Å². The van der Waals surface area contributed by atoms with Gasteiger partial charge in [0.25, 0.3) is 0 Å². The highest BCUT2D eigenvalue weighted by molar-refractivity contribution is 4.83. The van der Waals surface area contributed by atoms with Gasteiger partial charge in [0.15, 0.2) is 0 Å². The quantitative estimate of drug-likeness (QED) is 0.113. The fraction of sp³-hybridized carbons (Fsp3) is 1.00. The third-order valence-electron chi connectivity index (χ3n) is 21.6. The lowest BCUT2D eigenvalue weighted by atomic mass is 9.65. The van der Waals surface area contributed by atoms with E-state index < -0.39 is 0 Å². The fourth-order valence-electron chi connectivity index (χ4n) is 14.2. The number of hydrogen-bond acceptors (Lipinski definition) is 7. The molecule has 528 valence electrons. The van der Waals surface area contributed by atoms with Gasteiger partial charge in [-0.1, -0.05) is 195 Å². The van der Waals surface area contributed by atoms with Crippen LogP contribution in [0.15, 0.2) is 0 Å². The van der Waals surface area contributed by atoms with E-state index in [1.165, 1.54) is 317 Å². The third kappa shape index (κ3) is 49.3. The molecule has 2 saturated carbocycles. The molecule has 0 unspecified atom stereocenters. The first-order valence-corrected chi connectivity index (χ1v) is 39.8. The second-order valence-electron chi connectivity index (χ2n) is 34.1. The lowest BCUT2D eigenvalue weighted by Gasteiger charge is -2.40. The minimum absolute atomic E-state index is 0.570. The molecule has 0 aromatic heterocycles. The standard InChI is InChI=1S/C12H24.C10H22N2.4C10H21N.C10H20.C9H19N/c1-10(2)12(3,4)11-8-6-5-7-9-11;1-10(2)4-5-12-8-6-11(3)7-9-12;1-9(2)8-10-4-6-11(3)7-5-10;3*1-10(2)6-9-11-7-4-3-5-8-11;1-9(2)8-10-6-4-3-5-7-10;1-9(2)5-8-10-6-3-4-7-10/h10-11H,5-9H2,1-4H3;10H,4-9H2,1-3H3;9-10H,4-8H2,1-3H3;3*10H,3-9H2,1-2H3;9-10H,3-8H2,1-2H3;9H,3-8H2,1-2H3. The molecule has 6 heterocycles. The van der Waals surface area contributed by atoms with Crippen molar-refractivity contribution in [3.8, 4) is 0 Å². The number of piperazine rings is 1. The molecule has 2 aliphatic carbocycles. The van der Waals surface area contributed by atoms with E-state index in [0.29, 0.717) is 5.41 Å². The van der Waals surface area contributed by atoms with Crippen molar-refractivity contribution in [1.29, 1.82) is 0 Å². The van der Waals surface area contributed by atoms with Crippen molar-refractivity contribution < 1.29 is 0 Å². The number of rotatable bonds is 21. The molecule has 7 nitrogen and oxygen atoms in total. The van der Waals surface area contributed by atoms with Crippen LogP contribution in [0.3, 0.4) is 0 Å². The van der Waals surface area contributed by atoms with Gasteiger partial charge in [-0.05, 0) is 305 Å². The van der Waals surface area contributed by atoms with Crippen molar-refractivity contribution in [2.24, 2.45) is 70.5 Å². The Morgan fingerprint density at radius 1 is 0.261 bits per heavy atom. The van der Waals surface area contributed by atoms with Crippen LogP contribution in [-0.2, 0) is 0 Å². The Morgan fingerprint density at radius 2 is 0.500 bits per heavy atom. The summed E-state index contributed by atoms with van der Waals surface area (Å²) in [6.07, 6.45) is 43.3. The van der Waals surface area contributed by atoms with E-state index in [0.717, 1.165) is 65.1 Å². The highest BCUT2D eigenvalue weighted by Gasteiger charge is 2.33. The van der Waals surface area contributed by atoms with E-state index in [1.54, 1.807) is 0 Å². The average molecular weight is 1240 g/mol. The normalized spacial score (nSPS) is 21.5. The molecule has 0 bridgehead atoms. The van der Waals surface area contributed by atoms with Crippen molar-refractivity contribution in [3.05, 3.63) is 0 Å². The Hall–Kier alpha value is -0.280. The Balaban J connectivity index is 0.000000503. The summed E-state index contributed by atoms with van der Waals surface area (Å²) < 4.78 is 0. The Kier molecular flexibility index (Phi) is 52.5. The molecule has 0 spiro atoms. The largest absolute Gasteiger partial charge is 0.306 e. The van der Waals surface area contributed by atoms with Crippen LogP contribution >= 0.6 is 0 Å². The van der Waals surface area contributed by atoms with Crippen LogP contribution in [-0.4, -0.2) is 173 Å². The maximum absolute atomic E-state index is 2.61. The van der Waals surface area contributed by atoms with E-state index in [1.807, 2.05) is 0 Å². The lowest BCUT2D eigenvalue weighted by Crippen LogP contribution is -2.44. The Labute approximate surface area is 557 Å². The molecule has 0 aromatic carbocycles. The van der Waals surface area contributed by atoms with Gasteiger partial charge in [0.05, 0.1) is 0 Å². The van der Waals surface area contributed by atoms with Gasteiger partial charge in [-0.3, -0.25) is 0 Å². The van der Waals surface area contributed by atoms with Gasteiger partial charge < -0.3 is 34.3 Å². The molecule has 6 saturated heterocycles. The number of piperidine rings is 4. The first-order chi connectivity index (χ1) is 41.9. The van der Waals surface area contributed by atoms with Crippen molar-refractivity contribution >= 4 is 0 Å². The maximum Gasteiger partial charge on any atom is 0.0110 e. The van der Waals surface area contributed by atoms with Gasteiger partial charge in [-0.25, -0.2) is 0 Å². The summed E-state index contributed by atoms with van der Waals surface area (Å²) in [4.78, 5) is 17.9. The van der Waals surface area contributed by atoms with Crippen molar-refractivity contribution in [2.75, 3.05) is 138 Å². The number of hydrogen-bond donors (Lipinski definition) is 0.